The third kappa shape index (κ3) is 4.25. The van der Waals surface area contributed by atoms with Crippen molar-refractivity contribution in [1.29, 1.82) is 0 Å². The van der Waals surface area contributed by atoms with Gasteiger partial charge in [0.15, 0.2) is 0 Å². The SMILES string of the molecule is Cc1ccc(F)c(CN[C@H]2CCCC[C@H]2n2cc(C(C)(C)O)nn2)c1. The number of rotatable bonds is 5. The lowest BCUT2D eigenvalue weighted by molar-refractivity contribution is 0.0736. The molecule has 1 fully saturated rings. The van der Waals surface area contributed by atoms with Crippen LogP contribution >= 0.6 is 0 Å². The average Bonchev–Trinajstić information content (AvgIpc) is 3.06. The van der Waals surface area contributed by atoms with Gasteiger partial charge in [0, 0.05) is 18.2 Å². The maximum atomic E-state index is 14.0. The van der Waals surface area contributed by atoms with Crippen LogP contribution in [0.15, 0.2) is 24.4 Å². The minimum absolute atomic E-state index is 0.171. The lowest BCUT2D eigenvalue weighted by Crippen LogP contribution is -2.40. The van der Waals surface area contributed by atoms with E-state index in [2.05, 4.69) is 15.6 Å². The predicted octanol–water partition coefficient (Wildman–Crippen LogP) is 3.23. The zero-order valence-electron chi connectivity index (χ0n) is 15.2. The van der Waals surface area contributed by atoms with Gasteiger partial charge in [0.05, 0.1) is 12.2 Å². The molecule has 1 saturated carbocycles. The molecule has 1 aliphatic carbocycles. The molecule has 1 aliphatic rings. The second-order valence-corrected chi connectivity index (χ2v) is 7.58. The Balaban J connectivity index is 1.73. The highest BCUT2D eigenvalue weighted by Crippen LogP contribution is 2.29. The van der Waals surface area contributed by atoms with Crippen LogP contribution in [0.1, 0.15) is 62.4 Å². The van der Waals surface area contributed by atoms with Gasteiger partial charge >= 0.3 is 0 Å². The van der Waals surface area contributed by atoms with Crippen LogP contribution in [-0.2, 0) is 12.1 Å². The molecule has 2 N–H and O–H groups in total. The molecule has 2 atom stereocenters. The number of hydrogen-bond acceptors (Lipinski definition) is 4. The third-order valence-corrected chi connectivity index (χ3v) is 4.96. The summed E-state index contributed by atoms with van der Waals surface area (Å²) >= 11 is 0. The van der Waals surface area contributed by atoms with Gasteiger partial charge in [-0.15, -0.1) is 5.10 Å². The second kappa shape index (κ2) is 7.22. The maximum absolute atomic E-state index is 14.0. The van der Waals surface area contributed by atoms with Gasteiger partial charge in [0.2, 0.25) is 0 Å². The summed E-state index contributed by atoms with van der Waals surface area (Å²) < 4.78 is 15.8. The molecule has 136 valence electrons. The van der Waals surface area contributed by atoms with Gasteiger partial charge < -0.3 is 10.4 Å². The summed E-state index contributed by atoms with van der Waals surface area (Å²) in [6.07, 6.45) is 6.15. The van der Waals surface area contributed by atoms with Crippen LogP contribution in [0.5, 0.6) is 0 Å². The number of halogens is 1. The molecule has 1 heterocycles. The van der Waals surface area contributed by atoms with E-state index in [0.717, 1.165) is 31.2 Å². The van der Waals surface area contributed by atoms with Crippen LogP contribution < -0.4 is 5.32 Å². The molecule has 0 saturated heterocycles. The van der Waals surface area contributed by atoms with Gasteiger partial charge in [0.25, 0.3) is 0 Å². The molecule has 0 bridgehead atoms. The van der Waals surface area contributed by atoms with Gasteiger partial charge in [-0.05, 0) is 39.7 Å². The number of benzene rings is 1. The first-order chi connectivity index (χ1) is 11.8. The molecule has 0 radical (unpaired) electrons. The minimum Gasteiger partial charge on any atom is -0.384 e. The maximum Gasteiger partial charge on any atom is 0.127 e. The summed E-state index contributed by atoms with van der Waals surface area (Å²) in [6.45, 7) is 5.89. The Kier molecular flexibility index (Phi) is 5.20. The molecule has 2 aromatic rings. The van der Waals surface area contributed by atoms with E-state index in [1.165, 1.54) is 6.07 Å². The van der Waals surface area contributed by atoms with Crippen LogP contribution in [0.3, 0.4) is 0 Å². The molecule has 25 heavy (non-hydrogen) atoms. The van der Waals surface area contributed by atoms with Crippen LogP contribution in [0.25, 0.3) is 0 Å². The van der Waals surface area contributed by atoms with E-state index in [1.54, 1.807) is 19.9 Å². The molecule has 0 spiro atoms. The van der Waals surface area contributed by atoms with E-state index in [9.17, 15) is 9.50 Å². The quantitative estimate of drug-likeness (QED) is 0.872. The normalized spacial score (nSPS) is 21.5. The van der Waals surface area contributed by atoms with Crippen LogP contribution in [0.2, 0.25) is 0 Å². The highest BCUT2D eigenvalue weighted by Gasteiger charge is 2.29. The van der Waals surface area contributed by atoms with Gasteiger partial charge in [-0.2, -0.15) is 0 Å². The number of aliphatic hydroxyl groups is 1. The van der Waals surface area contributed by atoms with E-state index in [1.807, 2.05) is 23.9 Å². The van der Waals surface area contributed by atoms with Gasteiger partial charge in [0.1, 0.15) is 17.1 Å². The topological polar surface area (TPSA) is 63.0 Å². The summed E-state index contributed by atoms with van der Waals surface area (Å²) in [5, 5.41) is 22.0. The number of nitrogens with one attached hydrogen (secondary N) is 1. The van der Waals surface area contributed by atoms with Crippen LogP contribution in [0.4, 0.5) is 4.39 Å². The predicted molar refractivity (Wildman–Crippen MR) is 94.5 cm³/mol. The van der Waals surface area contributed by atoms with Crippen molar-refractivity contribution in [3.8, 4) is 0 Å². The van der Waals surface area contributed by atoms with Crippen molar-refractivity contribution in [3.63, 3.8) is 0 Å². The van der Waals surface area contributed by atoms with Crippen molar-refractivity contribution in [2.75, 3.05) is 0 Å². The lowest BCUT2D eigenvalue weighted by atomic mass is 9.90. The molecule has 0 amide bonds. The zero-order chi connectivity index (χ0) is 18.0. The monoisotopic (exact) mass is 346 g/mol. The smallest absolute Gasteiger partial charge is 0.127 e. The number of nitrogens with zero attached hydrogens (tertiary/aromatic N) is 3. The fraction of sp³-hybridized carbons (Fsp3) is 0.579. The number of aromatic nitrogens is 3. The van der Waals surface area contributed by atoms with Crippen molar-refractivity contribution >= 4 is 0 Å². The van der Waals surface area contributed by atoms with Gasteiger partial charge in [-0.25, -0.2) is 9.07 Å². The summed E-state index contributed by atoms with van der Waals surface area (Å²) in [4.78, 5) is 0. The van der Waals surface area contributed by atoms with Crippen molar-refractivity contribution in [2.24, 2.45) is 0 Å². The van der Waals surface area contributed by atoms with E-state index in [0.29, 0.717) is 17.8 Å². The van der Waals surface area contributed by atoms with E-state index < -0.39 is 5.60 Å². The van der Waals surface area contributed by atoms with Crippen molar-refractivity contribution in [2.45, 2.75) is 70.7 Å². The summed E-state index contributed by atoms with van der Waals surface area (Å²) in [5.74, 6) is -0.171. The zero-order valence-corrected chi connectivity index (χ0v) is 15.2. The lowest BCUT2D eigenvalue weighted by Gasteiger charge is -2.32. The molecular weight excluding hydrogens is 319 g/mol. The molecule has 0 aliphatic heterocycles. The van der Waals surface area contributed by atoms with Crippen LogP contribution in [-0.4, -0.2) is 26.1 Å². The Labute approximate surface area is 148 Å². The molecule has 6 heteroatoms. The van der Waals surface area contributed by atoms with Crippen molar-refractivity contribution in [1.82, 2.24) is 20.3 Å². The Morgan fingerprint density at radius 2 is 2.08 bits per heavy atom. The number of aryl methyl sites for hydroxylation is 1. The molecular formula is C19H27FN4O. The molecule has 0 unspecified atom stereocenters. The average molecular weight is 346 g/mol. The fourth-order valence-corrected chi connectivity index (χ4v) is 3.47. The Morgan fingerprint density at radius 3 is 2.80 bits per heavy atom. The Morgan fingerprint density at radius 1 is 1.32 bits per heavy atom. The summed E-state index contributed by atoms with van der Waals surface area (Å²) in [7, 11) is 0. The molecule has 5 nitrogen and oxygen atoms in total. The van der Waals surface area contributed by atoms with Crippen molar-refractivity contribution in [3.05, 3.63) is 47.0 Å². The standard InChI is InChI=1S/C19H27FN4O/c1-13-8-9-15(20)14(10-13)11-21-16-6-4-5-7-17(16)24-12-18(22-23-24)19(2,3)25/h8-10,12,16-17,21,25H,4-7,11H2,1-3H3/t16-,17+/m0/s1. The first-order valence-electron chi connectivity index (χ1n) is 8.97. The van der Waals surface area contributed by atoms with E-state index in [-0.39, 0.29) is 17.9 Å². The van der Waals surface area contributed by atoms with Gasteiger partial charge in [-0.3, -0.25) is 0 Å². The fourth-order valence-electron chi connectivity index (χ4n) is 3.47. The summed E-state index contributed by atoms with van der Waals surface area (Å²) in [5.41, 5.74) is 1.33. The number of hydrogen-bond donors (Lipinski definition) is 2. The highest BCUT2D eigenvalue weighted by atomic mass is 19.1. The second-order valence-electron chi connectivity index (χ2n) is 7.58. The van der Waals surface area contributed by atoms with Crippen LogP contribution in [0, 0.1) is 12.7 Å². The van der Waals surface area contributed by atoms with E-state index >= 15 is 0 Å². The highest BCUT2D eigenvalue weighted by molar-refractivity contribution is 5.24. The summed E-state index contributed by atoms with van der Waals surface area (Å²) in [6, 6.07) is 5.59. The molecule has 1 aromatic heterocycles. The molecule has 3 rings (SSSR count). The molecule has 1 aromatic carbocycles. The van der Waals surface area contributed by atoms with Crippen molar-refractivity contribution < 1.29 is 9.50 Å². The Hall–Kier alpha value is -1.79. The van der Waals surface area contributed by atoms with E-state index in [4.69, 9.17) is 0 Å². The largest absolute Gasteiger partial charge is 0.384 e. The first kappa shape index (κ1) is 18.0. The third-order valence-electron chi connectivity index (χ3n) is 4.96. The Bertz CT molecular complexity index is 722. The minimum atomic E-state index is -0.999. The first-order valence-corrected chi connectivity index (χ1v) is 8.97. The van der Waals surface area contributed by atoms with Gasteiger partial charge in [-0.1, -0.05) is 35.8 Å².